The van der Waals surface area contributed by atoms with E-state index in [-0.39, 0.29) is 16.0 Å². The number of nitro groups is 1. The molecule has 0 spiro atoms. The van der Waals surface area contributed by atoms with Gasteiger partial charge in [-0.15, -0.1) is 0 Å². The first kappa shape index (κ1) is 17.3. The molecule has 1 aromatic rings. The Kier molecular flexibility index (Phi) is 6.46. The standard InChI is InChI=1S/C16H26N2O3/c1-5-6-7-10-16(2,3)12-17-14-9-8-13(21-4)11-15(14)18(19)20/h8-9,11,17H,5-7,10,12H2,1-4H3. The summed E-state index contributed by atoms with van der Waals surface area (Å²) < 4.78 is 5.04. The van der Waals surface area contributed by atoms with Crippen LogP contribution in [-0.2, 0) is 0 Å². The van der Waals surface area contributed by atoms with Crippen molar-refractivity contribution in [2.24, 2.45) is 5.41 Å². The maximum atomic E-state index is 11.1. The van der Waals surface area contributed by atoms with Gasteiger partial charge < -0.3 is 10.1 Å². The van der Waals surface area contributed by atoms with Gasteiger partial charge in [0.15, 0.2) is 0 Å². The predicted octanol–water partition coefficient (Wildman–Crippen LogP) is 4.62. The number of rotatable bonds is 9. The molecule has 1 aromatic carbocycles. The molecule has 5 nitrogen and oxygen atoms in total. The lowest BCUT2D eigenvalue weighted by Gasteiger charge is -2.25. The molecule has 0 heterocycles. The molecule has 1 rings (SSSR count). The molecule has 0 saturated carbocycles. The van der Waals surface area contributed by atoms with E-state index in [1.54, 1.807) is 12.1 Å². The number of ether oxygens (including phenoxy) is 1. The van der Waals surface area contributed by atoms with Crippen LogP contribution in [0.2, 0.25) is 0 Å². The first-order valence-electron chi connectivity index (χ1n) is 7.46. The Balaban J connectivity index is 2.72. The third kappa shape index (κ3) is 5.61. The fourth-order valence-corrected chi connectivity index (χ4v) is 2.22. The van der Waals surface area contributed by atoms with Crippen molar-refractivity contribution in [3.63, 3.8) is 0 Å². The summed E-state index contributed by atoms with van der Waals surface area (Å²) in [5.41, 5.74) is 0.714. The van der Waals surface area contributed by atoms with E-state index in [2.05, 4.69) is 26.1 Å². The lowest BCUT2D eigenvalue weighted by atomic mass is 9.87. The van der Waals surface area contributed by atoms with Gasteiger partial charge in [0.05, 0.1) is 18.1 Å². The van der Waals surface area contributed by atoms with E-state index in [0.29, 0.717) is 18.0 Å². The van der Waals surface area contributed by atoms with Gasteiger partial charge in [-0.2, -0.15) is 0 Å². The zero-order chi connectivity index (χ0) is 15.9. The maximum Gasteiger partial charge on any atom is 0.296 e. The highest BCUT2D eigenvalue weighted by Crippen LogP contribution is 2.31. The summed E-state index contributed by atoms with van der Waals surface area (Å²) in [6, 6.07) is 4.89. The van der Waals surface area contributed by atoms with E-state index in [1.807, 2.05) is 0 Å². The lowest BCUT2D eigenvalue weighted by molar-refractivity contribution is -0.384. The highest BCUT2D eigenvalue weighted by atomic mass is 16.6. The van der Waals surface area contributed by atoms with Crippen molar-refractivity contribution in [2.75, 3.05) is 19.0 Å². The van der Waals surface area contributed by atoms with E-state index in [1.165, 1.54) is 32.4 Å². The second-order valence-electron chi connectivity index (χ2n) is 6.12. The van der Waals surface area contributed by atoms with Gasteiger partial charge in [-0.05, 0) is 24.0 Å². The maximum absolute atomic E-state index is 11.1. The Morgan fingerprint density at radius 1 is 1.33 bits per heavy atom. The molecule has 0 atom stereocenters. The molecule has 5 heteroatoms. The number of methoxy groups -OCH3 is 1. The van der Waals surface area contributed by atoms with Crippen LogP contribution in [-0.4, -0.2) is 18.6 Å². The normalized spacial score (nSPS) is 11.2. The van der Waals surface area contributed by atoms with Crippen LogP contribution in [0.3, 0.4) is 0 Å². The number of benzene rings is 1. The van der Waals surface area contributed by atoms with Gasteiger partial charge in [0.25, 0.3) is 5.69 Å². The summed E-state index contributed by atoms with van der Waals surface area (Å²) in [5, 5.41) is 14.4. The second kappa shape index (κ2) is 7.86. The Bertz CT molecular complexity index is 473. The lowest BCUT2D eigenvalue weighted by Crippen LogP contribution is -2.23. The monoisotopic (exact) mass is 294 g/mol. The second-order valence-corrected chi connectivity index (χ2v) is 6.12. The quantitative estimate of drug-likeness (QED) is 0.410. The molecule has 0 aliphatic carbocycles. The number of unbranched alkanes of at least 4 members (excludes halogenated alkanes) is 2. The van der Waals surface area contributed by atoms with Gasteiger partial charge in [-0.1, -0.05) is 40.0 Å². The number of anilines is 1. The molecule has 0 fully saturated rings. The van der Waals surface area contributed by atoms with Crippen molar-refractivity contribution >= 4 is 11.4 Å². The van der Waals surface area contributed by atoms with Crippen LogP contribution in [0, 0.1) is 15.5 Å². The summed E-state index contributed by atoms with van der Waals surface area (Å²) in [5.74, 6) is 0.495. The van der Waals surface area contributed by atoms with Gasteiger partial charge in [0.2, 0.25) is 0 Å². The molecule has 0 bridgehead atoms. The van der Waals surface area contributed by atoms with Crippen LogP contribution in [0.15, 0.2) is 18.2 Å². The van der Waals surface area contributed by atoms with E-state index in [0.717, 1.165) is 6.42 Å². The SMILES string of the molecule is CCCCCC(C)(C)CNc1ccc(OC)cc1[N+](=O)[O-]. The molecular formula is C16H26N2O3. The molecule has 0 aromatic heterocycles. The summed E-state index contributed by atoms with van der Waals surface area (Å²) in [7, 11) is 1.50. The predicted molar refractivity (Wildman–Crippen MR) is 86.1 cm³/mol. The highest BCUT2D eigenvalue weighted by Gasteiger charge is 2.20. The Labute approximate surface area is 126 Å². The topological polar surface area (TPSA) is 64.4 Å². The summed E-state index contributed by atoms with van der Waals surface area (Å²) in [6.45, 7) is 7.27. The molecular weight excluding hydrogens is 268 g/mol. The van der Waals surface area contributed by atoms with Crippen LogP contribution in [0.4, 0.5) is 11.4 Å². The molecule has 0 aliphatic rings. The molecule has 0 saturated heterocycles. The van der Waals surface area contributed by atoms with Crippen LogP contribution < -0.4 is 10.1 Å². The van der Waals surface area contributed by atoms with Gasteiger partial charge in [-0.25, -0.2) is 0 Å². The zero-order valence-electron chi connectivity index (χ0n) is 13.4. The molecule has 0 aliphatic heterocycles. The zero-order valence-corrected chi connectivity index (χ0v) is 13.4. The van der Waals surface area contributed by atoms with E-state index in [9.17, 15) is 10.1 Å². The van der Waals surface area contributed by atoms with Crippen LogP contribution in [0.5, 0.6) is 5.75 Å². The number of nitro benzene ring substituents is 1. The molecule has 0 amide bonds. The molecule has 21 heavy (non-hydrogen) atoms. The fourth-order valence-electron chi connectivity index (χ4n) is 2.22. The molecule has 1 N–H and O–H groups in total. The first-order valence-corrected chi connectivity index (χ1v) is 7.46. The fraction of sp³-hybridized carbons (Fsp3) is 0.625. The van der Waals surface area contributed by atoms with E-state index >= 15 is 0 Å². The Morgan fingerprint density at radius 3 is 2.62 bits per heavy atom. The average molecular weight is 294 g/mol. The van der Waals surface area contributed by atoms with Crippen LogP contribution in [0.1, 0.15) is 46.5 Å². The van der Waals surface area contributed by atoms with Crippen molar-refractivity contribution in [2.45, 2.75) is 46.5 Å². The number of nitrogens with one attached hydrogen (secondary N) is 1. The van der Waals surface area contributed by atoms with Crippen molar-refractivity contribution in [1.29, 1.82) is 0 Å². The van der Waals surface area contributed by atoms with Crippen molar-refractivity contribution in [3.8, 4) is 5.75 Å². The average Bonchev–Trinajstić information content (AvgIpc) is 2.45. The molecule has 118 valence electrons. The third-order valence-corrected chi connectivity index (χ3v) is 3.62. The number of nitrogens with zero attached hydrogens (tertiary/aromatic N) is 1. The first-order chi connectivity index (χ1) is 9.89. The van der Waals surface area contributed by atoms with Crippen molar-refractivity contribution in [3.05, 3.63) is 28.3 Å². The largest absolute Gasteiger partial charge is 0.496 e. The Morgan fingerprint density at radius 2 is 2.05 bits per heavy atom. The highest BCUT2D eigenvalue weighted by molar-refractivity contribution is 5.63. The van der Waals surface area contributed by atoms with Crippen LogP contribution >= 0.6 is 0 Å². The number of hydrogen-bond acceptors (Lipinski definition) is 4. The number of hydrogen-bond donors (Lipinski definition) is 1. The molecule has 0 radical (unpaired) electrons. The van der Waals surface area contributed by atoms with Gasteiger partial charge in [-0.3, -0.25) is 10.1 Å². The Hall–Kier alpha value is -1.78. The van der Waals surface area contributed by atoms with Gasteiger partial charge in [0, 0.05) is 6.54 Å². The van der Waals surface area contributed by atoms with E-state index in [4.69, 9.17) is 4.74 Å². The minimum Gasteiger partial charge on any atom is -0.496 e. The summed E-state index contributed by atoms with van der Waals surface area (Å²) in [4.78, 5) is 10.8. The van der Waals surface area contributed by atoms with Gasteiger partial charge in [0.1, 0.15) is 11.4 Å². The molecule has 0 unspecified atom stereocenters. The van der Waals surface area contributed by atoms with Gasteiger partial charge >= 0.3 is 0 Å². The summed E-state index contributed by atoms with van der Waals surface area (Å²) >= 11 is 0. The third-order valence-electron chi connectivity index (χ3n) is 3.62. The smallest absolute Gasteiger partial charge is 0.296 e. The minimum atomic E-state index is -0.380. The van der Waals surface area contributed by atoms with Crippen molar-refractivity contribution < 1.29 is 9.66 Å². The van der Waals surface area contributed by atoms with E-state index < -0.39 is 0 Å². The van der Waals surface area contributed by atoms with Crippen molar-refractivity contribution in [1.82, 2.24) is 0 Å². The van der Waals surface area contributed by atoms with Crippen LogP contribution in [0.25, 0.3) is 0 Å². The minimum absolute atomic E-state index is 0.0544. The summed E-state index contributed by atoms with van der Waals surface area (Å²) in [6.07, 6.45) is 4.73.